The van der Waals surface area contributed by atoms with Gasteiger partial charge < -0.3 is 10.9 Å². The van der Waals surface area contributed by atoms with Crippen molar-refractivity contribution in [1.29, 1.82) is 0 Å². The van der Waals surface area contributed by atoms with Crippen molar-refractivity contribution < 1.29 is 5.21 Å². The van der Waals surface area contributed by atoms with Crippen molar-refractivity contribution in [3.8, 4) is 12.3 Å². The Morgan fingerprint density at radius 2 is 2.22 bits per heavy atom. The Kier molecular flexibility index (Phi) is 4.35. The second-order valence-corrected chi connectivity index (χ2v) is 4.75. The molecule has 0 aliphatic carbocycles. The van der Waals surface area contributed by atoms with Crippen LogP contribution in [0.4, 0.5) is 0 Å². The van der Waals surface area contributed by atoms with E-state index in [1.54, 1.807) is 0 Å². The van der Waals surface area contributed by atoms with Crippen molar-refractivity contribution in [2.75, 3.05) is 0 Å². The quantitative estimate of drug-likeness (QED) is 0.248. The highest BCUT2D eigenvalue weighted by Crippen LogP contribution is 2.12. The predicted molar refractivity (Wildman–Crippen MR) is 73.4 cm³/mol. The molecule has 96 valence electrons. The number of aryl methyl sites for hydroxylation is 1. The first-order valence-electron chi connectivity index (χ1n) is 5.70. The number of amidine groups is 1. The molecule has 0 saturated carbocycles. The molecular formula is C14H19N3O. The van der Waals surface area contributed by atoms with Crippen LogP contribution in [0.2, 0.25) is 0 Å². The van der Waals surface area contributed by atoms with Gasteiger partial charge in [-0.25, -0.2) is 0 Å². The van der Waals surface area contributed by atoms with Crippen LogP contribution in [0.1, 0.15) is 30.5 Å². The van der Waals surface area contributed by atoms with Gasteiger partial charge in [0.1, 0.15) is 0 Å². The number of nitrogens with one attached hydrogen (secondary N) is 1. The highest BCUT2D eigenvalue weighted by Gasteiger charge is 2.13. The molecule has 0 aliphatic rings. The molecule has 4 nitrogen and oxygen atoms in total. The van der Waals surface area contributed by atoms with Crippen LogP contribution < -0.4 is 11.1 Å². The maximum atomic E-state index is 8.62. The van der Waals surface area contributed by atoms with E-state index in [0.29, 0.717) is 12.1 Å². The van der Waals surface area contributed by atoms with Gasteiger partial charge in [-0.05, 0) is 38.0 Å². The average molecular weight is 245 g/mol. The minimum Gasteiger partial charge on any atom is -0.409 e. The summed E-state index contributed by atoms with van der Waals surface area (Å²) in [5, 5.41) is 14.9. The van der Waals surface area contributed by atoms with Gasteiger partial charge in [-0.2, -0.15) is 0 Å². The van der Waals surface area contributed by atoms with E-state index in [4.69, 9.17) is 17.4 Å². The lowest BCUT2D eigenvalue weighted by molar-refractivity contribution is 0.318. The van der Waals surface area contributed by atoms with Gasteiger partial charge in [-0.15, -0.1) is 6.42 Å². The van der Waals surface area contributed by atoms with Crippen molar-refractivity contribution >= 4 is 5.84 Å². The van der Waals surface area contributed by atoms with Crippen LogP contribution in [0.5, 0.6) is 0 Å². The lowest BCUT2D eigenvalue weighted by Gasteiger charge is -2.20. The summed E-state index contributed by atoms with van der Waals surface area (Å²) in [5.41, 5.74) is 8.10. The molecule has 0 amide bonds. The fourth-order valence-corrected chi connectivity index (χ4v) is 1.48. The largest absolute Gasteiger partial charge is 0.409 e. The Morgan fingerprint density at radius 1 is 1.56 bits per heavy atom. The Hall–Kier alpha value is -1.99. The molecule has 1 rings (SSSR count). The summed E-state index contributed by atoms with van der Waals surface area (Å²) in [6.45, 7) is 6.56. The molecule has 0 radical (unpaired) electrons. The third kappa shape index (κ3) is 3.51. The molecular weight excluding hydrogens is 226 g/mol. The summed E-state index contributed by atoms with van der Waals surface area (Å²) < 4.78 is 0. The standard InChI is InChI=1S/C14H19N3O/c1-5-14(3,4)16-9-12-7-6-11(8-10(12)2)13(15)17-18/h1,6-8,16,18H,9H2,2-4H3,(H2,15,17). The van der Waals surface area contributed by atoms with Gasteiger partial charge in [0.25, 0.3) is 0 Å². The molecule has 0 unspecified atom stereocenters. The van der Waals surface area contributed by atoms with Crippen LogP contribution in [-0.2, 0) is 6.54 Å². The third-order valence-electron chi connectivity index (χ3n) is 2.83. The number of nitrogens with zero attached hydrogens (tertiary/aromatic N) is 1. The van der Waals surface area contributed by atoms with E-state index in [1.165, 1.54) is 0 Å². The zero-order valence-electron chi connectivity index (χ0n) is 11.0. The smallest absolute Gasteiger partial charge is 0.170 e. The van der Waals surface area contributed by atoms with Crippen molar-refractivity contribution in [3.05, 3.63) is 34.9 Å². The van der Waals surface area contributed by atoms with Gasteiger partial charge in [0.05, 0.1) is 5.54 Å². The minimum absolute atomic E-state index is 0.113. The van der Waals surface area contributed by atoms with Gasteiger partial charge in [0.15, 0.2) is 5.84 Å². The molecule has 0 atom stereocenters. The fourth-order valence-electron chi connectivity index (χ4n) is 1.48. The molecule has 0 aliphatic heterocycles. The Balaban J connectivity index is 2.85. The first kappa shape index (κ1) is 14.1. The summed E-state index contributed by atoms with van der Waals surface area (Å²) >= 11 is 0. The van der Waals surface area contributed by atoms with E-state index in [9.17, 15) is 0 Å². The molecule has 0 bridgehead atoms. The highest BCUT2D eigenvalue weighted by atomic mass is 16.4. The molecule has 4 N–H and O–H groups in total. The van der Waals surface area contributed by atoms with Gasteiger partial charge in [0, 0.05) is 12.1 Å². The van der Waals surface area contributed by atoms with E-state index in [-0.39, 0.29) is 11.4 Å². The summed E-state index contributed by atoms with van der Waals surface area (Å²) in [6.07, 6.45) is 5.42. The zero-order valence-corrected chi connectivity index (χ0v) is 11.0. The SMILES string of the molecule is C#CC(C)(C)NCc1ccc(/C(N)=N/O)cc1C. The number of oxime groups is 1. The molecule has 0 aromatic heterocycles. The molecule has 18 heavy (non-hydrogen) atoms. The Morgan fingerprint density at radius 3 is 2.72 bits per heavy atom. The van der Waals surface area contributed by atoms with Crippen molar-refractivity contribution in [3.63, 3.8) is 0 Å². The van der Waals surface area contributed by atoms with Gasteiger partial charge in [-0.3, -0.25) is 5.32 Å². The van der Waals surface area contributed by atoms with Crippen LogP contribution in [-0.4, -0.2) is 16.6 Å². The first-order valence-corrected chi connectivity index (χ1v) is 5.70. The molecule has 0 fully saturated rings. The third-order valence-corrected chi connectivity index (χ3v) is 2.83. The van der Waals surface area contributed by atoms with E-state index in [1.807, 2.05) is 39.0 Å². The summed E-state index contributed by atoms with van der Waals surface area (Å²) in [7, 11) is 0. The number of hydrogen-bond donors (Lipinski definition) is 3. The lowest BCUT2D eigenvalue weighted by atomic mass is 10.0. The number of terminal acetylenes is 1. The average Bonchev–Trinajstić information content (AvgIpc) is 2.36. The monoisotopic (exact) mass is 245 g/mol. The number of nitrogens with two attached hydrogens (primary N) is 1. The maximum absolute atomic E-state index is 8.62. The molecule has 4 heteroatoms. The van der Waals surface area contributed by atoms with Crippen LogP contribution in [0, 0.1) is 19.3 Å². The van der Waals surface area contributed by atoms with Gasteiger partial charge >= 0.3 is 0 Å². The number of benzene rings is 1. The van der Waals surface area contributed by atoms with Crippen molar-refractivity contribution in [2.45, 2.75) is 32.9 Å². The lowest BCUT2D eigenvalue weighted by Crippen LogP contribution is -2.37. The van der Waals surface area contributed by atoms with Crippen molar-refractivity contribution in [2.24, 2.45) is 10.9 Å². The Bertz CT molecular complexity index is 498. The number of rotatable bonds is 4. The van der Waals surface area contributed by atoms with Gasteiger partial charge in [-0.1, -0.05) is 23.2 Å². The molecule has 0 spiro atoms. The van der Waals surface area contributed by atoms with Crippen LogP contribution in [0.3, 0.4) is 0 Å². The molecule has 1 aromatic carbocycles. The Labute approximate surface area is 108 Å². The van der Waals surface area contributed by atoms with Crippen LogP contribution >= 0.6 is 0 Å². The molecule has 0 heterocycles. The molecule has 0 saturated heterocycles. The van der Waals surface area contributed by atoms with E-state index in [0.717, 1.165) is 11.1 Å². The van der Waals surface area contributed by atoms with Crippen LogP contribution in [0.25, 0.3) is 0 Å². The summed E-state index contributed by atoms with van der Waals surface area (Å²) in [6, 6.07) is 5.65. The second-order valence-electron chi connectivity index (χ2n) is 4.75. The zero-order chi connectivity index (χ0) is 13.8. The predicted octanol–water partition coefficient (Wildman–Crippen LogP) is 1.59. The minimum atomic E-state index is -0.337. The van der Waals surface area contributed by atoms with Gasteiger partial charge in [0.2, 0.25) is 0 Å². The van der Waals surface area contributed by atoms with E-state index < -0.39 is 0 Å². The topological polar surface area (TPSA) is 70.6 Å². The van der Waals surface area contributed by atoms with E-state index in [2.05, 4.69) is 16.4 Å². The highest BCUT2D eigenvalue weighted by molar-refractivity contribution is 5.97. The van der Waals surface area contributed by atoms with Crippen LogP contribution in [0.15, 0.2) is 23.4 Å². The summed E-state index contributed by atoms with van der Waals surface area (Å²) in [5.74, 6) is 2.80. The summed E-state index contributed by atoms with van der Waals surface area (Å²) in [4.78, 5) is 0. The first-order chi connectivity index (χ1) is 8.39. The maximum Gasteiger partial charge on any atom is 0.170 e. The second kappa shape index (κ2) is 5.56. The fraction of sp³-hybridized carbons (Fsp3) is 0.357. The van der Waals surface area contributed by atoms with E-state index >= 15 is 0 Å². The van der Waals surface area contributed by atoms with Crippen molar-refractivity contribution in [1.82, 2.24) is 5.32 Å². The molecule has 1 aromatic rings. The number of hydrogen-bond acceptors (Lipinski definition) is 3. The normalized spacial score (nSPS) is 12.2.